The molecule has 20 heavy (non-hydrogen) atoms. The van der Waals surface area contributed by atoms with Gasteiger partial charge in [0.25, 0.3) is 0 Å². The minimum atomic E-state index is 0.285. The van der Waals surface area contributed by atoms with E-state index < -0.39 is 0 Å². The van der Waals surface area contributed by atoms with Gasteiger partial charge < -0.3 is 15.2 Å². The number of H-pyrrole nitrogens is 1. The van der Waals surface area contributed by atoms with Crippen LogP contribution in [0.1, 0.15) is 31.6 Å². The number of fused-ring (bicyclic) bond motifs is 4. The number of piperidine rings is 3. The van der Waals surface area contributed by atoms with Crippen LogP contribution in [0.25, 0.3) is 11.0 Å². The van der Waals surface area contributed by atoms with E-state index in [0.29, 0.717) is 6.04 Å². The summed E-state index contributed by atoms with van der Waals surface area (Å²) in [6, 6.07) is 9.16. The maximum Gasteiger partial charge on any atom is 0.124 e. The number of imidazole rings is 1. The average molecular weight is 270 g/mol. The molecular weight excluding hydrogens is 248 g/mol. The van der Waals surface area contributed by atoms with Gasteiger partial charge in [0.1, 0.15) is 5.82 Å². The molecule has 2 unspecified atom stereocenters. The molecule has 1 aromatic carbocycles. The van der Waals surface area contributed by atoms with E-state index >= 15 is 0 Å². The standard InChI is InChI=1S/C16H22N4/c1-11(16-18-13-4-2-3-5-14(13)19-16)17-15-10-20-8-6-12(15)7-9-20/h2-5,11-12,15,17H,6-10H2,1H3,(H,18,19). The Morgan fingerprint density at radius 3 is 2.80 bits per heavy atom. The number of hydrogen-bond acceptors (Lipinski definition) is 3. The van der Waals surface area contributed by atoms with Gasteiger partial charge in [-0.05, 0) is 50.9 Å². The molecule has 2 atom stereocenters. The summed E-state index contributed by atoms with van der Waals surface area (Å²) in [6.07, 6.45) is 2.70. The molecule has 3 saturated heterocycles. The van der Waals surface area contributed by atoms with Crippen LogP contribution in [0.2, 0.25) is 0 Å². The zero-order valence-corrected chi connectivity index (χ0v) is 12.0. The molecule has 2 N–H and O–H groups in total. The third-order valence-corrected chi connectivity index (χ3v) is 4.94. The van der Waals surface area contributed by atoms with Gasteiger partial charge in [0.2, 0.25) is 0 Å². The Balaban J connectivity index is 1.51. The maximum atomic E-state index is 4.71. The second-order valence-corrected chi connectivity index (χ2v) is 6.27. The smallest absolute Gasteiger partial charge is 0.124 e. The first-order valence-electron chi connectivity index (χ1n) is 7.72. The van der Waals surface area contributed by atoms with Gasteiger partial charge in [-0.2, -0.15) is 0 Å². The Morgan fingerprint density at radius 1 is 1.30 bits per heavy atom. The van der Waals surface area contributed by atoms with Crippen molar-refractivity contribution >= 4 is 11.0 Å². The van der Waals surface area contributed by atoms with Gasteiger partial charge in [-0.25, -0.2) is 4.98 Å². The molecule has 0 aliphatic carbocycles. The summed E-state index contributed by atoms with van der Waals surface area (Å²) in [4.78, 5) is 10.7. The number of benzene rings is 1. The van der Waals surface area contributed by atoms with E-state index in [1.807, 2.05) is 6.07 Å². The van der Waals surface area contributed by atoms with Crippen molar-refractivity contribution in [1.29, 1.82) is 0 Å². The summed E-state index contributed by atoms with van der Waals surface area (Å²) < 4.78 is 0. The fourth-order valence-corrected chi connectivity index (χ4v) is 3.73. The Kier molecular flexibility index (Phi) is 3.00. The lowest BCUT2D eigenvalue weighted by molar-refractivity contribution is 0.0676. The molecule has 4 heterocycles. The summed E-state index contributed by atoms with van der Waals surface area (Å²) in [5.41, 5.74) is 2.19. The molecule has 0 saturated carbocycles. The molecule has 3 fully saturated rings. The highest BCUT2D eigenvalue weighted by Crippen LogP contribution is 2.29. The third kappa shape index (κ3) is 2.13. The van der Waals surface area contributed by atoms with Crippen molar-refractivity contribution in [2.45, 2.75) is 31.8 Å². The predicted octanol–water partition coefficient (Wildman–Crippen LogP) is 2.31. The van der Waals surface area contributed by atoms with Gasteiger partial charge >= 0.3 is 0 Å². The normalized spacial score (nSPS) is 30.8. The zero-order valence-electron chi connectivity index (χ0n) is 12.0. The van der Waals surface area contributed by atoms with Crippen molar-refractivity contribution < 1.29 is 0 Å². The van der Waals surface area contributed by atoms with Crippen LogP contribution in [0.3, 0.4) is 0 Å². The van der Waals surface area contributed by atoms with Crippen molar-refractivity contribution in [3.05, 3.63) is 30.1 Å². The lowest BCUT2D eigenvalue weighted by Gasteiger charge is -2.45. The summed E-state index contributed by atoms with van der Waals surface area (Å²) in [5, 5.41) is 3.79. The van der Waals surface area contributed by atoms with Crippen LogP contribution in [0.15, 0.2) is 24.3 Å². The van der Waals surface area contributed by atoms with Crippen LogP contribution in [-0.4, -0.2) is 40.5 Å². The highest BCUT2D eigenvalue weighted by Gasteiger charge is 2.34. The topological polar surface area (TPSA) is 44.0 Å². The van der Waals surface area contributed by atoms with Crippen molar-refractivity contribution in [3.8, 4) is 0 Å². The fourth-order valence-electron chi connectivity index (χ4n) is 3.73. The molecule has 5 rings (SSSR count). The summed E-state index contributed by atoms with van der Waals surface area (Å²) in [7, 11) is 0. The van der Waals surface area contributed by atoms with Gasteiger partial charge in [0.05, 0.1) is 17.1 Å². The van der Waals surface area contributed by atoms with Gasteiger partial charge in [-0.15, -0.1) is 0 Å². The number of rotatable bonds is 3. The number of nitrogens with zero attached hydrogens (tertiary/aromatic N) is 2. The van der Waals surface area contributed by atoms with Gasteiger partial charge in [0, 0.05) is 12.6 Å². The highest BCUT2D eigenvalue weighted by atomic mass is 15.2. The Hall–Kier alpha value is -1.39. The number of nitrogens with one attached hydrogen (secondary N) is 2. The Morgan fingerprint density at radius 2 is 2.10 bits per heavy atom. The maximum absolute atomic E-state index is 4.71. The van der Waals surface area contributed by atoms with Gasteiger partial charge in [-0.3, -0.25) is 0 Å². The van der Waals surface area contributed by atoms with Crippen LogP contribution in [-0.2, 0) is 0 Å². The first-order valence-corrected chi connectivity index (χ1v) is 7.72. The molecule has 2 aromatic rings. The number of aromatic nitrogens is 2. The second kappa shape index (κ2) is 4.86. The second-order valence-electron chi connectivity index (χ2n) is 6.27. The third-order valence-electron chi connectivity index (χ3n) is 4.94. The number of para-hydroxylation sites is 2. The molecule has 2 bridgehead atoms. The van der Waals surface area contributed by atoms with E-state index in [1.54, 1.807) is 0 Å². The molecule has 0 spiro atoms. The summed E-state index contributed by atoms with van der Waals surface area (Å²) in [5.74, 6) is 1.91. The van der Waals surface area contributed by atoms with Crippen LogP contribution in [0.5, 0.6) is 0 Å². The van der Waals surface area contributed by atoms with Crippen LogP contribution in [0, 0.1) is 5.92 Å². The van der Waals surface area contributed by atoms with Crippen molar-refractivity contribution in [2.24, 2.45) is 5.92 Å². The number of hydrogen-bond donors (Lipinski definition) is 2. The number of aromatic amines is 1. The van der Waals surface area contributed by atoms with Crippen molar-refractivity contribution in [3.63, 3.8) is 0 Å². The summed E-state index contributed by atoms with van der Waals surface area (Å²) >= 11 is 0. The first-order chi connectivity index (χ1) is 9.79. The molecule has 1 aromatic heterocycles. The molecule has 0 radical (unpaired) electrons. The average Bonchev–Trinajstić information content (AvgIpc) is 2.92. The minimum absolute atomic E-state index is 0.285. The zero-order chi connectivity index (χ0) is 13.5. The fraction of sp³-hybridized carbons (Fsp3) is 0.562. The molecule has 0 amide bonds. The minimum Gasteiger partial charge on any atom is -0.341 e. The van der Waals surface area contributed by atoms with E-state index in [2.05, 4.69) is 40.3 Å². The molecule has 106 valence electrons. The van der Waals surface area contributed by atoms with Gasteiger partial charge in [0.15, 0.2) is 0 Å². The largest absolute Gasteiger partial charge is 0.341 e. The Labute approximate surface area is 119 Å². The monoisotopic (exact) mass is 270 g/mol. The molecular formula is C16H22N4. The van der Waals surface area contributed by atoms with E-state index in [1.165, 1.54) is 32.5 Å². The van der Waals surface area contributed by atoms with Gasteiger partial charge in [-0.1, -0.05) is 12.1 Å². The molecule has 4 nitrogen and oxygen atoms in total. The molecule has 3 aliphatic rings. The SMILES string of the molecule is CC(NC1CN2CCC1CC2)c1nc2ccccc2[nH]1. The summed E-state index contributed by atoms with van der Waals surface area (Å²) in [6.45, 7) is 6.01. The molecule has 4 heteroatoms. The quantitative estimate of drug-likeness (QED) is 0.899. The lowest BCUT2D eigenvalue weighted by Crippen LogP contribution is -2.56. The van der Waals surface area contributed by atoms with Crippen molar-refractivity contribution in [2.75, 3.05) is 19.6 Å². The van der Waals surface area contributed by atoms with Crippen LogP contribution >= 0.6 is 0 Å². The Bertz CT molecular complexity index is 564. The van der Waals surface area contributed by atoms with E-state index in [-0.39, 0.29) is 6.04 Å². The van der Waals surface area contributed by atoms with E-state index in [0.717, 1.165) is 22.8 Å². The highest BCUT2D eigenvalue weighted by molar-refractivity contribution is 5.74. The van der Waals surface area contributed by atoms with Crippen molar-refractivity contribution in [1.82, 2.24) is 20.2 Å². The van der Waals surface area contributed by atoms with Crippen LogP contribution < -0.4 is 5.32 Å². The first kappa shape index (κ1) is 12.4. The lowest BCUT2D eigenvalue weighted by atomic mass is 9.84. The predicted molar refractivity (Wildman–Crippen MR) is 80.6 cm³/mol. The molecule has 3 aliphatic heterocycles. The van der Waals surface area contributed by atoms with E-state index in [4.69, 9.17) is 4.98 Å². The van der Waals surface area contributed by atoms with Crippen LogP contribution in [0.4, 0.5) is 0 Å². The van der Waals surface area contributed by atoms with E-state index in [9.17, 15) is 0 Å².